The van der Waals surface area contributed by atoms with E-state index in [4.69, 9.17) is 0 Å². The van der Waals surface area contributed by atoms with Gasteiger partial charge < -0.3 is 0 Å². The maximum atomic E-state index is 12.8. The Morgan fingerprint density at radius 2 is 1.52 bits per heavy atom. The van der Waals surface area contributed by atoms with Crippen molar-refractivity contribution < 1.29 is 9.18 Å². The van der Waals surface area contributed by atoms with E-state index in [0.717, 1.165) is 5.56 Å². The zero-order chi connectivity index (χ0) is 15.5. The molecular formula is C19H19FO. The lowest BCUT2D eigenvalue weighted by atomic mass is 9.86. The van der Waals surface area contributed by atoms with E-state index in [9.17, 15) is 9.18 Å². The molecule has 0 aliphatic heterocycles. The number of hydrogen-bond acceptors (Lipinski definition) is 1. The average molecular weight is 282 g/mol. The average Bonchev–Trinajstić information content (AvgIpc) is 2.45. The maximum Gasteiger partial charge on any atom is 0.185 e. The van der Waals surface area contributed by atoms with Gasteiger partial charge >= 0.3 is 0 Å². The number of halogens is 1. The lowest BCUT2D eigenvalue weighted by Gasteiger charge is -2.18. The summed E-state index contributed by atoms with van der Waals surface area (Å²) in [5, 5.41) is 0. The fourth-order valence-electron chi connectivity index (χ4n) is 1.98. The van der Waals surface area contributed by atoms with Crippen molar-refractivity contribution >= 4 is 11.9 Å². The molecule has 0 aliphatic rings. The predicted octanol–water partition coefficient (Wildman–Crippen LogP) is 5.02. The highest BCUT2D eigenvalue weighted by atomic mass is 19.1. The summed E-state index contributed by atoms with van der Waals surface area (Å²) in [7, 11) is 0. The molecular weight excluding hydrogens is 263 g/mol. The smallest absolute Gasteiger partial charge is 0.185 e. The van der Waals surface area contributed by atoms with Crippen LogP contribution in [0.25, 0.3) is 6.08 Å². The van der Waals surface area contributed by atoms with Crippen molar-refractivity contribution in [3.05, 3.63) is 77.1 Å². The van der Waals surface area contributed by atoms with E-state index >= 15 is 0 Å². The summed E-state index contributed by atoms with van der Waals surface area (Å²) in [6, 6.07) is 13.7. The number of benzene rings is 2. The van der Waals surface area contributed by atoms with E-state index in [2.05, 4.69) is 20.8 Å². The summed E-state index contributed by atoms with van der Waals surface area (Å²) in [5.41, 5.74) is 2.73. The largest absolute Gasteiger partial charge is 0.289 e. The molecule has 0 unspecified atom stereocenters. The van der Waals surface area contributed by atoms with Gasteiger partial charge in [0, 0.05) is 5.56 Å². The second-order valence-electron chi connectivity index (χ2n) is 6.08. The van der Waals surface area contributed by atoms with E-state index in [1.807, 2.05) is 24.3 Å². The van der Waals surface area contributed by atoms with Gasteiger partial charge in [0.1, 0.15) is 5.82 Å². The molecule has 0 saturated heterocycles. The summed E-state index contributed by atoms with van der Waals surface area (Å²) in [6.07, 6.45) is 3.21. The predicted molar refractivity (Wildman–Crippen MR) is 84.9 cm³/mol. The number of hydrogen-bond donors (Lipinski definition) is 0. The molecule has 0 aliphatic carbocycles. The van der Waals surface area contributed by atoms with Crippen LogP contribution in [0.5, 0.6) is 0 Å². The van der Waals surface area contributed by atoms with Crippen LogP contribution >= 0.6 is 0 Å². The Labute approximate surface area is 125 Å². The third-order valence-corrected chi connectivity index (χ3v) is 3.33. The number of carbonyl (C=O) groups excluding carboxylic acids is 1. The second-order valence-corrected chi connectivity index (χ2v) is 6.08. The second kappa shape index (κ2) is 6.04. The van der Waals surface area contributed by atoms with Gasteiger partial charge in [-0.1, -0.05) is 63.2 Å². The van der Waals surface area contributed by atoms with Crippen LogP contribution in [-0.4, -0.2) is 5.78 Å². The molecule has 2 heteroatoms. The molecule has 2 aromatic carbocycles. The molecule has 0 heterocycles. The SMILES string of the molecule is CC(C)(C)c1ccc(C(=O)/C=C/c2ccc(F)cc2)cc1. The van der Waals surface area contributed by atoms with Gasteiger partial charge in [0.2, 0.25) is 0 Å². The minimum Gasteiger partial charge on any atom is -0.289 e. The van der Waals surface area contributed by atoms with Crippen molar-refractivity contribution in [2.24, 2.45) is 0 Å². The zero-order valence-corrected chi connectivity index (χ0v) is 12.6. The first-order valence-corrected chi connectivity index (χ1v) is 6.95. The van der Waals surface area contributed by atoms with Crippen LogP contribution < -0.4 is 0 Å². The van der Waals surface area contributed by atoms with Gasteiger partial charge in [0.25, 0.3) is 0 Å². The molecule has 1 nitrogen and oxygen atoms in total. The molecule has 0 saturated carbocycles. The molecule has 0 bridgehead atoms. The highest BCUT2D eigenvalue weighted by Crippen LogP contribution is 2.22. The molecule has 2 rings (SSSR count). The van der Waals surface area contributed by atoms with Crippen LogP contribution in [0, 0.1) is 5.82 Å². The Hall–Kier alpha value is -2.22. The minimum atomic E-state index is -0.281. The Morgan fingerprint density at radius 1 is 0.952 bits per heavy atom. The molecule has 0 radical (unpaired) electrons. The normalized spacial score (nSPS) is 11.8. The van der Waals surface area contributed by atoms with Crippen LogP contribution in [-0.2, 0) is 5.41 Å². The van der Waals surface area contributed by atoms with Crippen molar-refractivity contribution in [2.75, 3.05) is 0 Å². The van der Waals surface area contributed by atoms with Crippen molar-refractivity contribution in [2.45, 2.75) is 26.2 Å². The first-order chi connectivity index (χ1) is 9.86. The first kappa shape index (κ1) is 15.2. The lowest BCUT2D eigenvalue weighted by molar-refractivity contribution is 0.104. The summed E-state index contributed by atoms with van der Waals surface area (Å²) < 4.78 is 12.8. The minimum absolute atomic E-state index is 0.0558. The third-order valence-electron chi connectivity index (χ3n) is 3.33. The van der Waals surface area contributed by atoms with Gasteiger partial charge in [-0.3, -0.25) is 4.79 Å². The molecule has 2 aromatic rings. The molecule has 0 fully saturated rings. The van der Waals surface area contributed by atoms with Crippen molar-refractivity contribution in [1.82, 2.24) is 0 Å². The van der Waals surface area contributed by atoms with Gasteiger partial charge in [-0.15, -0.1) is 0 Å². The molecule has 0 aromatic heterocycles. The van der Waals surface area contributed by atoms with Gasteiger partial charge in [-0.05, 0) is 34.8 Å². The van der Waals surface area contributed by atoms with E-state index in [0.29, 0.717) is 5.56 Å². The standard InChI is InChI=1S/C19H19FO/c1-19(2,3)16-9-7-15(8-10-16)18(21)13-6-14-4-11-17(20)12-5-14/h4-13H,1-3H3/b13-6+. The topological polar surface area (TPSA) is 17.1 Å². The first-order valence-electron chi connectivity index (χ1n) is 6.95. The van der Waals surface area contributed by atoms with E-state index in [1.54, 1.807) is 18.2 Å². The van der Waals surface area contributed by atoms with Gasteiger partial charge in [-0.25, -0.2) is 4.39 Å². The molecule has 0 amide bonds. The van der Waals surface area contributed by atoms with Gasteiger partial charge in [-0.2, -0.15) is 0 Å². The van der Waals surface area contributed by atoms with Crippen LogP contribution in [0.4, 0.5) is 4.39 Å². The number of rotatable bonds is 3. The molecule has 108 valence electrons. The van der Waals surface area contributed by atoms with Crippen molar-refractivity contribution in [3.63, 3.8) is 0 Å². The lowest BCUT2D eigenvalue weighted by Crippen LogP contribution is -2.11. The highest BCUT2D eigenvalue weighted by Gasteiger charge is 2.13. The van der Waals surface area contributed by atoms with E-state index in [-0.39, 0.29) is 17.0 Å². The summed E-state index contributed by atoms with van der Waals surface area (Å²) in [5.74, 6) is -0.337. The summed E-state index contributed by atoms with van der Waals surface area (Å²) >= 11 is 0. The molecule has 0 atom stereocenters. The van der Waals surface area contributed by atoms with E-state index < -0.39 is 0 Å². The summed E-state index contributed by atoms with van der Waals surface area (Å²) in [4.78, 5) is 12.1. The summed E-state index contributed by atoms with van der Waals surface area (Å²) in [6.45, 7) is 6.41. The number of allylic oxidation sites excluding steroid dienone is 1. The fraction of sp³-hybridized carbons (Fsp3) is 0.211. The van der Waals surface area contributed by atoms with Crippen molar-refractivity contribution in [3.8, 4) is 0 Å². The van der Waals surface area contributed by atoms with Crippen LogP contribution in [0.2, 0.25) is 0 Å². The van der Waals surface area contributed by atoms with Gasteiger partial charge in [0.15, 0.2) is 5.78 Å². The van der Waals surface area contributed by atoms with Crippen LogP contribution in [0.1, 0.15) is 42.3 Å². The molecule has 0 spiro atoms. The third kappa shape index (κ3) is 4.12. The monoisotopic (exact) mass is 282 g/mol. The maximum absolute atomic E-state index is 12.8. The number of ketones is 1. The van der Waals surface area contributed by atoms with Gasteiger partial charge in [0.05, 0.1) is 0 Å². The quantitative estimate of drug-likeness (QED) is 0.570. The Balaban J connectivity index is 2.11. The zero-order valence-electron chi connectivity index (χ0n) is 12.6. The Morgan fingerprint density at radius 3 is 2.05 bits per heavy atom. The van der Waals surface area contributed by atoms with Crippen LogP contribution in [0.15, 0.2) is 54.6 Å². The van der Waals surface area contributed by atoms with Crippen molar-refractivity contribution in [1.29, 1.82) is 0 Å². The Kier molecular flexibility index (Phi) is 4.37. The van der Waals surface area contributed by atoms with E-state index in [1.165, 1.54) is 23.8 Å². The Bertz CT molecular complexity index is 643. The highest BCUT2D eigenvalue weighted by molar-refractivity contribution is 6.06. The molecule has 21 heavy (non-hydrogen) atoms. The molecule has 0 N–H and O–H groups in total. The number of carbonyl (C=O) groups is 1. The fourth-order valence-corrected chi connectivity index (χ4v) is 1.98. The van der Waals surface area contributed by atoms with Crippen LogP contribution in [0.3, 0.4) is 0 Å².